The van der Waals surface area contributed by atoms with Crippen LogP contribution in [0.15, 0.2) is 71.2 Å². The minimum absolute atomic E-state index is 0.0197. The van der Waals surface area contributed by atoms with Crippen LogP contribution in [0.5, 0.6) is 0 Å². The molecule has 0 bridgehead atoms. The maximum Gasteiger partial charge on any atom is 0.407 e. The Labute approximate surface area is 205 Å². The van der Waals surface area contributed by atoms with Crippen LogP contribution >= 0.6 is 15.9 Å². The van der Waals surface area contributed by atoms with E-state index in [1.807, 2.05) is 36.4 Å². The molecule has 0 heterocycles. The number of benzene rings is 3. The summed E-state index contributed by atoms with van der Waals surface area (Å²) in [5, 5.41) is 14.6. The minimum atomic E-state index is -1.15. The van der Waals surface area contributed by atoms with Crippen molar-refractivity contribution >= 4 is 39.6 Å². The van der Waals surface area contributed by atoms with Gasteiger partial charge < -0.3 is 20.5 Å². The van der Waals surface area contributed by atoms with Gasteiger partial charge in [0.15, 0.2) is 0 Å². The summed E-state index contributed by atoms with van der Waals surface area (Å²) in [5.74, 6) is -1.62. The van der Waals surface area contributed by atoms with E-state index in [0.717, 1.165) is 22.3 Å². The number of ether oxygens (including phenoxy) is 1. The van der Waals surface area contributed by atoms with Crippen molar-refractivity contribution in [1.29, 1.82) is 0 Å². The fraction of sp³-hybridized carbons (Fsp3) is 0.192. The SMILES string of the molecule is C[C@H](CC(=O)Nc1cc(Br)ccc1C(=O)O)NC(=O)OCC1c2ccccc2-c2ccccc21. The van der Waals surface area contributed by atoms with Gasteiger partial charge in [-0.2, -0.15) is 0 Å². The van der Waals surface area contributed by atoms with Crippen molar-refractivity contribution in [2.24, 2.45) is 0 Å². The van der Waals surface area contributed by atoms with Crippen molar-refractivity contribution in [2.45, 2.75) is 25.3 Å². The largest absolute Gasteiger partial charge is 0.478 e. The van der Waals surface area contributed by atoms with E-state index in [1.165, 1.54) is 12.1 Å². The van der Waals surface area contributed by atoms with E-state index in [9.17, 15) is 19.5 Å². The zero-order valence-electron chi connectivity index (χ0n) is 18.4. The zero-order valence-corrected chi connectivity index (χ0v) is 20.0. The first-order chi connectivity index (χ1) is 16.3. The quantitative estimate of drug-likeness (QED) is 0.385. The number of anilines is 1. The molecule has 174 valence electrons. The van der Waals surface area contributed by atoms with Crippen LogP contribution in [0.2, 0.25) is 0 Å². The second-order valence-electron chi connectivity index (χ2n) is 8.12. The summed E-state index contributed by atoms with van der Waals surface area (Å²) >= 11 is 3.27. The second kappa shape index (κ2) is 10.1. The van der Waals surface area contributed by atoms with Gasteiger partial charge in [-0.25, -0.2) is 9.59 Å². The molecular formula is C26H23BrN2O5. The Kier molecular flexibility index (Phi) is 6.98. The van der Waals surface area contributed by atoms with Gasteiger partial charge in [-0.15, -0.1) is 0 Å². The fourth-order valence-electron chi connectivity index (χ4n) is 4.18. The molecular weight excluding hydrogens is 500 g/mol. The number of carboxylic acid groups (broad SMARTS) is 1. The van der Waals surface area contributed by atoms with E-state index in [-0.39, 0.29) is 30.2 Å². The molecule has 8 heteroatoms. The highest BCUT2D eigenvalue weighted by Crippen LogP contribution is 2.44. The summed E-state index contributed by atoms with van der Waals surface area (Å²) in [6.45, 7) is 1.86. The number of fused-ring (bicyclic) bond motifs is 3. The molecule has 0 saturated heterocycles. The smallest absolute Gasteiger partial charge is 0.407 e. The molecule has 0 radical (unpaired) electrons. The third-order valence-electron chi connectivity index (χ3n) is 5.69. The van der Waals surface area contributed by atoms with Crippen molar-refractivity contribution in [3.63, 3.8) is 0 Å². The van der Waals surface area contributed by atoms with Gasteiger partial charge in [-0.3, -0.25) is 4.79 Å². The summed E-state index contributed by atoms with van der Waals surface area (Å²) in [4.78, 5) is 36.2. The van der Waals surface area contributed by atoms with Crippen LogP contribution in [0.1, 0.15) is 40.7 Å². The summed E-state index contributed by atoms with van der Waals surface area (Å²) in [6.07, 6.45) is -0.661. The van der Waals surface area contributed by atoms with E-state index < -0.39 is 24.0 Å². The number of carboxylic acids is 1. The highest BCUT2D eigenvalue weighted by Gasteiger charge is 2.29. The molecule has 1 atom stereocenters. The van der Waals surface area contributed by atoms with Gasteiger partial charge in [-0.1, -0.05) is 64.5 Å². The first-order valence-corrected chi connectivity index (χ1v) is 11.6. The lowest BCUT2D eigenvalue weighted by Crippen LogP contribution is -2.36. The normalized spacial score (nSPS) is 12.9. The molecule has 0 aromatic heterocycles. The Morgan fingerprint density at radius 1 is 1.00 bits per heavy atom. The van der Waals surface area contributed by atoms with Gasteiger partial charge >= 0.3 is 12.1 Å². The number of carbonyl (C=O) groups is 3. The van der Waals surface area contributed by atoms with Crippen molar-refractivity contribution in [3.8, 4) is 11.1 Å². The number of nitrogens with one attached hydrogen (secondary N) is 2. The molecule has 0 spiro atoms. The Morgan fingerprint density at radius 3 is 2.24 bits per heavy atom. The number of carbonyl (C=O) groups excluding carboxylic acids is 2. The van der Waals surface area contributed by atoms with E-state index in [0.29, 0.717) is 4.47 Å². The van der Waals surface area contributed by atoms with Crippen LogP contribution in [0.4, 0.5) is 10.5 Å². The maximum absolute atomic E-state index is 12.4. The van der Waals surface area contributed by atoms with E-state index >= 15 is 0 Å². The lowest BCUT2D eigenvalue weighted by molar-refractivity contribution is -0.116. The topological polar surface area (TPSA) is 105 Å². The first-order valence-electron chi connectivity index (χ1n) is 10.8. The summed E-state index contributed by atoms with van der Waals surface area (Å²) in [6, 6.07) is 20.1. The number of hydrogen-bond acceptors (Lipinski definition) is 4. The summed E-state index contributed by atoms with van der Waals surface area (Å²) < 4.78 is 6.15. The average Bonchev–Trinajstić information content (AvgIpc) is 3.11. The van der Waals surface area contributed by atoms with Crippen molar-refractivity contribution in [2.75, 3.05) is 11.9 Å². The van der Waals surface area contributed by atoms with Crippen LogP contribution in [-0.4, -0.2) is 35.7 Å². The van der Waals surface area contributed by atoms with Crippen LogP contribution in [-0.2, 0) is 9.53 Å². The van der Waals surface area contributed by atoms with Gasteiger partial charge in [0.05, 0.1) is 11.3 Å². The summed E-state index contributed by atoms with van der Waals surface area (Å²) in [7, 11) is 0. The molecule has 1 aliphatic rings. The van der Waals surface area contributed by atoms with Gasteiger partial charge in [0, 0.05) is 22.9 Å². The Hall–Kier alpha value is -3.65. The molecule has 0 aliphatic heterocycles. The predicted molar refractivity (Wildman–Crippen MR) is 132 cm³/mol. The number of rotatable bonds is 7. The molecule has 0 fully saturated rings. The molecule has 1 aliphatic carbocycles. The highest BCUT2D eigenvalue weighted by atomic mass is 79.9. The van der Waals surface area contributed by atoms with Crippen molar-refractivity contribution in [1.82, 2.24) is 5.32 Å². The number of halogens is 1. The zero-order chi connectivity index (χ0) is 24.2. The lowest BCUT2D eigenvalue weighted by atomic mass is 9.98. The number of amides is 2. The molecule has 3 aromatic rings. The lowest BCUT2D eigenvalue weighted by Gasteiger charge is -2.17. The number of hydrogen-bond donors (Lipinski definition) is 3. The molecule has 2 amide bonds. The average molecular weight is 523 g/mol. The van der Waals surface area contributed by atoms with Crippen LogP contribution in [0, 0.1) is 0 Å². The molecule has 0 unspecified atom stereocenters. The molecule has 3 N–H and O–H groups in total. The van der Waals surface area contributed by atoms with E-state index in [1.54, 1.807) is 13.0 Å². The highest BCUT2D eigenvalue weighted by molar-refractivity contribution is 9.10. The standard InChI is InChI=1S/C26H23BrN2O5/c1-15(12-24(30)29-23-13-16(27)10-11-21(23)25(31)32)28-26(33)34-14-22-19-8-4-2-6-17(19)18-7-3-5-9-20(18)22/h2-11,13,15,22H,12,14H2,1H3,(H,28,33)(H,29,30)(H,31,32)/t15-/m1/s1. The maximum atomic E-state index is 12.4. The van der Waals surface area contributed by atoms with E-state index in [4.69, 9.17) is 4.74 Å². The minimum Gasteiger partial charge on any atom is -0.478 e. The monoisotopic (exact) mass is 522 g/mol. The van der Waals surface area contributed by atoms with E-state index in [2.05, 4.69) is 38.7 Å². The van der Waals surface area contributed by atoms with Gasteiger partial charge in [0.2, 0.25) is 5.91 Å². The number of alkyl carbamates (subject to hydrolysis) is 1. The van der Waals surface area contributed by atoms with Crippen molar-refractivity contribution < 1.29 is 24.2 Å². The van der Waals surface area contributed by atoms with Crippen LogP contribution < -0.4 is 10.6 Å². The second-order valence-corrected chi connectivity index (χ2v) is 9.03. The van der Waals surface area contributed by atoms with Gasteiger partial charge in [0.1, 0.15) is 6.61 Å². The Balaban J connectivity index is 1.33. The Bertz CT molecular complexity index is 1210. The predicted octanol–water partition coefficient (Wildman–Crippen LogP) is 5.40. The van der Waals surface area contributed by atoms with Gasteiger partial charge in [-0.05, 0) is 47.4 Å². The molecule has 0 saturated carbocycles. The van der Waals surface area contributed by atoms with Crippen molar-refractivity contribution in [3.05, 3.63) is 87.9 Å². The van der Waals surface area contributed by atoms with Crippen LogP contribution in [0.3, 0.4) is 0 Å². The summed E-state index contributed by atoms with van der Waals surface area (Å²) in [5.41, 5.74) is 4.68. The fourth-order valence-corrected chi connectivity index (χ4v) is 4.54. The molecule has 7 nitrogen and oxygen atoms in total. The third-order valence-corrected chi connectivity index (χ3v) is 6.18. The third kappa shape index (κ3) is 5.12. The first kappa shape index (κ1) is 23.5. The van der Waals surface area contributed by atoms with Gasteiger partial charge in [0.25, 0.3) is 0 Å². The molecule has 3 aromatic carbocycles. The molecule has 34 heavy (non-hydrogen) atoms. The number of aromatic carboxylic acids is 1. The molecule has 4 rings (SSSR count). The van der Waals surface area contributed by atoms with Crippen LogP contribution in [0.25, 0.3) is 11.1 Å². The Morgan fingerprint density at radius 2 is 1.62 bits per heavy atom.